The normalized spacial score (nSPS) is 12.9. The number of benzene rings is 1. The first kappa shape index (κ1) is 18.2. The molecule has 9 heteroatoms. The monoisotopic (exact) mass is 355 g/mol. The highest BCUT2D eigenvalue weighted by atomic mass is 32.2. The topological polar surface area (TPSA) is 85.8 Å². The van der Waals surface area contributed by atoms with Crippen LogP contribution in [-0.4, -0.2) is 26.0 Å². The summed E-state index contributed by atoms with van der Waals surface area (Å²) in [6.07, 6.45) is 0. The van der Waals surface area contributed by atoms with Crippen LogP contribution in [0.1, 0.15) is 33.5 Å². The van der Waals surface area contributed by atoms with Gasteiger partial charge < -0.3 is 11.2 Å². The third-order valence-corrected chi connectivity index (χ3v) is 4.23. The fraction of sp³-hybridized carbons (Fsp3) is 0.400. The van der Waals surface area contributed by atoms with Gasteiger partial charge in [-0.15, -0.1) is 10.2 Å². The number of carbonyl (C=O) groups excluding carboxylic acids is 1. The summed E-state index contributed by atoms with van der Waals surface area (Å²) in [5.74, 6) is 4.70. The van der Waals surface area contributed by atoms with Crippen molar-refractivity contribution >= 4 is 23.4 Å². The van der Waals surface area contributed by atoms with Crippen molar-refractivity contribution < 1.29 is 13.6 Å². The second-order valence-electron chi connectivity index (χ2n) is 6.30. The number of nitrogen functional groups attached to an aromatic ring is 1. The Morgan fingerprint density at radius 2 is 2.00 bits per heavy atom. The van der Waals surface area contributed by atoms with E-state index >= 15 is 0 Å². The average Bonchev–Trinajstić information content (AvgIpc) is 2.84. The van der Waals surface area contributed by atoms with Crippen molar-refractivity contribution in [3.05, 3.63) is 35.7 Å². The van der Waals surface area contributed by atoms with Gasteiger partial charge in [0.2, 0.25) is 11.1 Å². The number of hydrogen-bond donors (Lipinski definition) is 2. The van der Waals surface area contributed by atoms with Crippen LogP contribution in [0.25, 0.3) is 0 Å². The highest BCUT2D eigenvalue weighted by Gasteiger charge is 2.25. The summed E-state index contributed by atoms with van der Waals surface area (Å²) in [5.41, 5.74) is -0.506. The van der Waals surface area contributed by atoms with Gasteiger partial charge in [0.1, 0.15) is 11.6 Å². The van der Waals surface area contributed by atoms with Gasteiger partial charge >= 0.3 is 0 Å². The molecule has 0 aliphatic heterocycles. The number of aromatic nitrogens is 3. The molecule has 1 aromatic heterocycles. The van der Waals surface area contributed by atoms with Crippen LogP contribution >= 0.6 is 11.8 Å². The highest BCUT2D eigenvalue weighted by molar-refractivity contribution is 8.00. The lowest BCUT2D eigenvalue weighted by atomic mass is 9.96. The largest absolute Gasteiger partial charge is 0.336 e. The molecule has 0 fully saturated rings. The number of nitrogens with two attached hydrogens (primary N) is 1. The minimum Gasteiger partial charge on any atom is -0.336 e. The molecule has 2 aromatic rings. The van der Waals surface area contributed by atoms with E-state index in [0.29, 0.717) is 11.0 Å². The number of nitrogens with zero attached hydrogens (tertiary/aromatic N) is 3. The van der Waals surface area contributed by atoms with Crippen molar-refractivity contribution in [1.82, 2.24) is 14.9 Å². The fourth-order valence-electron chi connectivity index (χ4n) is 1.91. The third kappa shape index (κ3) is 4.02. The zero-order chi connectivity index (χ0) is 18.1. The first-order valence-corrected chi connectivity index (χ1v) is 8.11. The van der Waals surface area contributed by atoms with Gasteiger partial charge in [0, 0.05) is 11.5 Å². The van der Waals surface area contributed by atoms with Crippen LogP contribution in [0.3, 0.4) is 0 Å². The van der Waals surface area contributed by atoms with Crippen LogP contribution in [-0.2, 0) is 10.2 Å². The molecule has 0 radical (unpaired) electrons. The zero-order valence-electron chi connectivity index (χ0n) is 13.8. The van der Waals surface area contributed by atoms with E-state index in [0.717, 1.165) is 30.0 Å². The lowest BCUT2D eigenvalue weighted by Crippen LogP contribution is -2.26. The van der Waals surface area contributed by atoms with Gasteiger partial charge in [-0.05, 0) is 19.1 Å². The Labute approximate surface area is 142 Å². The van der Waals surface area contributed by atoms with Crippen LogP contribution in [0.5, 0.6) is 0 Å². The Morgan fingerprint density at radius 1 is 1.33 bits per heavy atom. The second kappa shape index (κ2) is 6.76. The lowest BCUT2D eigenvalue weighted by Gasteiger charge is -2.17. The van der Waals surface area contributed by atoms with E-state index in [1.54, 1.807) is 6.92 Å². The van der Waals surface area contributed by atoms with Gasteiger partial charge in [0.05, 0.1) is 10.9 Å². The van der Waals surface area contributed by atoms with Gasteiger partial charge in [-0.2, -0.15) is 0 Å². The number of thioether (sulfide) groups is 1. The number of hydrogen-bond acceptors (Lipinski definition) is 5. The number of carbonyl (C=O) groups is 1. The maximum atomic E-state index is 13.6. The number of rotatable bonds is 4. The summed E-state index contributed by atoms with van der Waals surface area (Å²) in [6.45, 7) is 7.44. The van der Waals surface area contributed by atoms with Gasteiger partial charge in [0.25, 0.3) is 0 Å². The molecule has 1 atom stereocenters. The summed E-state index contributed by atoms with van der Waals surface area (Å²) in [4.78, 5) is 12.2. The summed E-state index contributed by atoms with van der Waals surface area (Å²) < 4.78 is 28.1. The van der Waals surface area contributed by atoms with E-state index in [-0.39, 0.29) is 11.1 Å². The van der Waals surface area contributed by atoms with E-state index < -0.39 is 22.8 Å². The molecule has 0 saturated heterocycles. The molecule has 0 spiro atoms. The number of nitrogens with one attached hydrogen (secondary N) is 1. The quantitative estimate of drug-likeness (QED) is 0.650. The van der Waals surface area contributed by atoms with E-state index in [4.69, 9.17) is 5.84 Å². The molecular formula is C15H19F2N5OS. The molecule has 1 heterocycles. The van der Waals surface area contributed by atoms with Crippen molar-refractivity contribution in [3.63, 3.8) is 0 Å². The summed E-state index contributed by atoms with van der Waals surface area (Å²) >= 11 is 1.08. The molecule has 3 N–H and O–H groups in total. The molecule has 1 unspecified atom stereocenters. The second-order valence-corrected chi connectivity index (χ2v) is 7.61. The predicted molar refractivity (Wildman–Crippen MR) is 89.2 cm³/mol. The van der Waals surface area contributed by atoms with Crippen molar-refractivity contribution in [2.75, 3.05) is 11.2 Å². The molecule has 0 aliphatic carbocycles. The molecule has 1 aromatic carbocycles. The molecule has 1 amide bonds. The molecule has 24 heavy (non-hydrogen) atoms. The average molecular weight is 355 g/mol. The smallest absolute Gasteiger partial charge is 0.237 e. The SMILES string of the molecule is CC(Sc1nnc(C(C)(C)C)n1N)C(=O)Nc1cc(F)ccc1F. The van der Waals surface area contributed by atoms with Gasteiger partial charge in [-0.1, -0.05) is 32.5 Å². The maximum absolute atomic E-state index is 13.6. The Bertz CT molecular complexity index is 757. The zero-order valence-corrected chi connectivity index (χ0v) is 14.6. The highest BCUT2D eigenvalue weighted by Crippen LogP contribution is 2.26. The van der Waals surface area contributed by atoms with Gasteiger partial charge in [-0.3, -0.25) is 4.79 Å². The van der Waals surface area contributed by atoms with Crippen molar-refractivity contribution in [3.8, 4) is 0 Å². The van der Waals surface area contributed by atoms with Crippen LogP contribution in [0, 0.1) is 11.6 Å². The molecule has 130 valence electrons. The molecule has 6 nitrogen and oxygen atoms in total. The molecular weight excluding hydrogens is 336 g/mol. The Kier molecular flexibility index (Phi) is 5.12. The molecule has 0 saturated carbocycles. The third-order valence-electron chi connectivity index (χ3n) is 3.17. The number of anilines is 1. The maximum Gasteiger partial charge on any atom is 0.237 e. The lowest BCUT2D eigenvalue weighted by molar-refractivity contribution is -0.115. The number of amides is 1. The summed E-state index contributed by atoms with van der Waals surface area (Å²) in [5, 5.41) is 10.1. The first-order valence-electron chi connectivity index (χ1n) is 7.23. The minimum absolute atomic E-state index is 0.211. The minimum atomic E-state index is -0.709. The van der Waals surface area contributed by atoms with Crippen molar-refractivity contribution in [1.29, 1.82) is 0 Å². The van der Waals surface area contributed by atoms with E-state index in [1.165, 1.54) is 4.68 Å². The molecule has 0 aliphatic rings. The van der Waals surface area contributed by atoms with Crippen LogP contribution < -0.4 is 11.2 Å². The van der Waals surface area contributed by atoms with Gasteiger partial charge in [-0.25, -0.2) is 13.5 Å². The van der Waals surface area contributed by atoms with E-state index in [1.807, 2.05) is 20.8 Å². The predicted octanol–water partition coefficient (Wildman–Crippen LogP) is 2.69. The first-order chi connectivity index (χ1) is 11.1. The molecule has 0 bridgehead atoms. The van der Waals surface area contributed by atoms with Crippen LogP contribution in [0.4, 0.5) is 14.5 Å². The van der Waals surface area contributed by atoms with E-state index in [9.17, 15) is 13.6 Å². The van der Waals surface area contributed by atoms with E-state index in [2.05, 4.69) is 15.5 Å². The summed E-state index contributed by atoms with van der Waals surface area (Å²) in [6, 6.07) is 2.86. The van der Waals surface area contributed by atoms with Crippen molar-refractivity contribution in [2.45, 2.75) is 43.5 Å². The Hall–Kier alpha value is -2.16. The Balaban J connectivity index is 2.10. The van der Waals surface area contributed by atoms with Crippen molar-refractivity contribution in [2.24, 2.45) is 0 Å². The standard InChI is InChI=1S/C15H19F2N5OS/c1-8(12(23)19-11-7-9(16)5-6-10(11)17)24-14-21-20-13(22(14)18)15(2,3)4/h5-8H,18H2,1-4H3,(H,19,23). The molecule has 2 rings (SSSR count). The van der Waals surface area contributed by atoms with Crippen LogP contribution in [0.15, 0.2) is 23.4 Å². The Morgan fingerprint density at radius 3 is 2.58 bits per heavy atom. The van der Waals surface area contributed by atoms with Crippen LogP contribution in [0.2, 0.25) is 0 Å². The summed E-state index contributed by atoms with van der Waals surface area (Å²) in [7, 11) is 0. The van der Waals surface area contributed by atoms with Gasteiger partial charge in [0.15, 0.2) is 5.82 Å². The fourth-order valence-corrected chi connectivity index (χ4v) is 2.68. The number of halogens is 2.